The molecule has 3 heterocycles. The molecule has 35 heavy (non-hydrogen) atoms. The highest BCUT2D eigenvalue weighted by molar-refractivity contribution is 5.86. The summed E-state index contributed by atoms with van der Waals surface area (Å²) in [6.45, 7) is 2.13. The summed E-state index contributed by atoms with van der Waals surface area (Å²) in [7, 11) is 3.16. The van der Waals surface area contributed by atoms with E-state index in [4.69, 9.17) is 18.6 Å². The summed E-state index contributed by atoms with van der Waals surface area (Å²) in [4.78, 5) is 23.4. The third-order valence-electron chi connectivity index (χ3n) is 6.11. The molecule has 0 unspecified atom stereocenters. The number of pyridine rings is 1. The van der Waals surface area contributed by atoms with Crippen LogP contribution in [0.4, 0.5) is 10.4 Å². The van der Waals surface area contributed by atoms with Crippen molar-refractivity contribution >= 4 is 22.9 Å². The third kappa shape index (κ3) is 4.37. The van der Waals surface area contributed by atoms with Gasteiger partial charge in [0.25, 0.3) is 6.01 Å². The molecule has 4 aromatic rings. The van der Waals surface area contributed by atoms with Crippen LogP contribution in [0.5, 0.6) is 17.2 Å². The molecule has 180 valence electrons. The maximum Gasteiger partial charge on any atom is 0.299 e. The van der Waals surface area contributed by atoms with E-state index in [1.54, 1.807) is 26.5 Å². The van der Waals surface area contributed by atoms with E-state index in [1.807, 2.05) is 29.2 Å². The normalized spacial score (nSPS) is 15.1. The minimum absolute atomic E-state index is 0.0466. The molecule has 0 N–H and O–H groups in total. The van der Waals surface area contributed by atoms with E-state index >= 15 is 0 Å². The van der Waals surface area contributed by atoms with Gasteiger partial charge in [0.2, 0.25) is 0 Å². The Kier molecular flexibility index (Phi) is 5.98. The van der Waals surface area contributed by atoms with Gasteiger partial charge in [-0.2, -0.15) is 4.98 Å². The van der Waals surface area contributed by atoms with Gasteiger partial charge in [0.15, 0.2) is 22.9 Å². The summed E-state index contributed by atoms with van der Waals surface area (Å²) in [6.07, 6.45) is 2.01. The highest BCUT2D eigenvalue weighted by atomic mass is 19.1. The van der Waals surface area contributed by atoms with Crippen LogP contribution in [0.25, 0.3) is 11.1 Å². The molecular formula is C26H24FN3O5. The number of carbonyl (C=O) groups excluding carboxylic acids is 1. The quantitative estimate of drug-likeness (QED) is 0.385. The monoisotopic (exact) mass is 477 g/mol. The van der Waals surface area contributed by atoms with Gasteiger partial charge in [-0.1, -0.05) is 6.07 Å². The Bertz CT molecular complexity index is 1390. The van der Waals surface area contributed by atoms with Gasteiger partial charge in [-0.25, -0.2) is 4.39 Å². The van der Waals surface area contributed by atoms with Crippen LogP contribution in [0.15, 0.2) is 53.1 Å². The number of halogens is 1. The average Bonchev–Trinajstić information content (AvgIpc) is 3.29. The van der Waals surface area contributed by atoms with Crippen molar-refractivity contribution in [2.45, 2.75) is 32.5 Å². The van der Waals surface area contributed by atoms with Gasteiger partial charge in [0, 0.05) is 24.6 Å². The van der Waals surface area contributed by atoms with Gasteiger partial charge in [0.05, 0.1) is 32.2 Å². The zero-order valence-corrected chi connectivity index (χ0v) is 19.6. The summed E-state index contributed by atoms with van der Waals surface area (Å²) in [6, 6.07) is 11.3. The molecule has 0 radical (unpaired) electrons. The van der Waals surface area contributed by atoms with E-state index in [0.717, 1.165) is 16.8 Å². The Balaban J connectivity index is 1.48. The lowest BCUT2D eigenvalue weighted by Crippen LogP contribution is -2.45. The van der Waals surface area contributed by atoms with Gasteiger partial charge in [-0.15, -0.1) is 0 Å². The van der Waals surface area contributed by atoms with Crippen molar-refractivity contribution in [1.29, 1.82) is 0 Å². The Labute approximate surface area is 201 Å². The number of aromatic nitrogens is 2. The Hall–Kier alpha value is -4.14. The molecule has 9 heteroatoms. The van der Waals surface area contributed by atoms with Crippen LogP contribution < -0.4 is 19.1 Å². The lowest BCUT2D eigenvalue weighted by Gasteiger charge is -2.35. The molecule has 5 rings (SSSR count). The number of ether oxygens (including phenoxy) is 3. The van der Waals surface area contributed by atoms with Gasteiger partial charge in [-0.05, 0) is 42.8 Å². The maximum atomic E-state index is 13.6. The minimum Gasteiger partial charge on any atom is -0.495 e. The standard InChI is InChI=1S/C26H24FN3O5/c1-15(31)22-11-20-16(13-30(22)26-29-21-8-5-17(27)10-24(21)35-26)4-9-23(33-3)25(20)34-14-18-6-7-19(32-2)12-28-18/h4-10,12,22H,11,13-14H2,1-3H3/t22-/m0/s1. The molecule has 0 amide bonds. The SMILES string of the molecule is COc1ccc(COc2c(OC)ccc3c2C[C@@H](C(C)=O)N(c2nc4ccc(F)cc4o2)C3)nc1. The van der Waals surface area contributed by atoms with E-state index in [9.17, 15) is 9.18 Å². The molecule has 0 saturated heterocycles. The van der Waals surface area contributed by atoms with E-state index in [-0.39, 0.29) is 18.4 Å². The maximum absolute atomic E-state index is 13.6. The van der Waals surface area contributed by atoms with Crippen molar-refractivity contribution in [2.24, 2.45) is 0 Å². The molecule has 0 saturated carbocycles. The largest absolute Gasteiger partial charge is 0.495 e. The first-order chi connectivity index (χ1) is 17.0. The predicted molar refractivity (Wildman–Crippen MR) is 126 cm³/mol. The average molecular weight is 477 g/mol. The van der Waals surface area contributed by atoms with Gasteiger partial charge in [-0.3, -0.25) is 9.78 Å². The molecule has 2 aromatic heterocycles. The molecule has 2 aromatic carbocycles. The first kappa shape index (κ1) is 22.6. The van der Waals surface area contributed by atoms with E-state index < -0.39 is 11.9 Å². The molecule has 0 bridgehead atoms. The van der Waals surface area contributed by atoms with E-state index in [0.29, 0.717) is 41.3 Å². The van der Waals surface area contributed by atoms with Crippen molar-refractivity contribution in [2.75, 3.05) is 19.1 Å². The summed E-state index contributed by atoms with van der Waals surface area (Å²) in [5, 5.41) is 0. The highest BCUT2D eigenvalue weighted by Gasteiger charge is 2.35. The van der Waals surface area contributed by atoms with Gasteiger partial charge in [0.1, 0.15) is 23.7 Å². The highest BCUT2D eigenvalue weighted by Crippen LogP contribution is 2.40. The number of anilines is 1. The lowest BCUT2D eigenvalue weighted by molar-refractivity contribution is -0.118. The van der Waals surface area contributed by atoms with Crippen LogP contribution in [0.1, 0.15) is 23.7 Å². The Morgan fingerprint density at radius 2 is 2.03 bits per heavy atom. The van der Waals surface area contributed by atoms with Crippen molar-refractivity contribution < 1.29 is 27.8 Å². The molecule has 1 aliphatic rings. The molecule has 0 fully saturated rings. The summed E-state index contributed by atoms with van der Waals surface area (Å²) in [5.74, 6) is 1.36. The van der Waals surface area contributed by atoms with Crippen LogP contribution >= 0.6 is 0 Å². The second kappa shape index (κ2) is 9.25. The van der Waals surface area contributed by atoms with Crippen LogP contribution in [0.2, 0.25) is 0 Å². The molecule has 0 spiro atoms. The number of carbonyl (C=O) groups is 1. The second-order valence-corrected chi connectivity index (χ2v) is 8.28. The number of benzene rings is 2. The topological polar surface area (TPSA) is 86.9 Å². The molecule has 1 aliphatic heterocycles. The van der Waals surface area contributed by atoms with Gasteiger partial charge >= 0.3 is 0 Å². The number of nitrogens with zero attached hydrogens (tertiary/aromatic N) is 3. The number of methoxy groups -OCH3 is 2. The predicted octanol–water partition coefficient (Wildman–Crippen LogP) is 4.48. The zero-order chi connectivity index (χ0) is 24.5. The zero-order valence-electron chi connectivity index (χ0n) is 19.6. The van der Waals surface area contributed by atoms with Crippen LogP contribution in [-0.2, 0) is 24.4 Å². The number of hydrogen-bond acceptors (Lipinski definition) is 8. The summed E-state index contributed by atoms with van der Waals surface area (Å²) >= 11 is 0. The number of oxazole rings is 1. The first-order valence-electron chi connectivity index (χ1n) is 11.1. The van der Waals surface area contributed by atoms with Crippen molar-refractivity contribution in [3.63, 3.8) is 0 Å². The molecular weight excluding hydrogens is 453 g/mol. The number of hydrogen-bond donors (Lipinski definition) is 0. The van der Waals surface area contributed by atoms with Crippen molar-refractivity contribution in [1.82, 2.24) is 9.97 Å². The number of Topliss-reactive ketones (excluding diaryl/α,β-unsaturated/α-hetero) is 1. The summed E-state index contributed by atoms with van der Waals surface area (Å²) < 4.78 is 36.4. The molecule has 1 atom stereocenters. The minimum atomic E-state index is -0.533. The summed E-state index contributed by atoms with van der Waals surface area (Å²) in [5.41, 5.74) is 3.43. The lowest BCUT2D eigenvalue weighted by atomic mass is 9.91. The second-order valence-electron chi connectivity index (χ2n) is 8.28. The number of rotatable bonds is 7. The fourth-order valence-electron chi connectivity index (χ4n) is 4.27. The van der Waals surface area contributed by atoms with Crippen LogP contribution in [-0.4, -0.2) is 36.0 Å². The first-order valence-corrected chi connectivity index (χ1v) is 11.1. The van der Waals surface area contributed by atoms with Crippen LogP contribution in [0.3, 0.4) is 0 Å². The van der Waals surface area contributed by atoms with Crippen molar-refractivity contribution in [3.8, 4) is 17.2 Å². The molecule has 0 aliphatic carbocycles. The molecule has 8 nitrogen and oxygen atoms in total. The number of fused-ring (bicyclic) bond motifs is 2. The van der Waals surface area contributed by atoms with Crippen molar-refractivity contribution in [3.05, 3.63) is 71.3 Å². The smallest absolute Gasteiger partial charge is 0.299 e. The van der Waals surface area contributed by atoms with E-state index in [2.05, 4.69) is 9.97 Å². The Morgan fingerprint density at radius 3 is 2.74 bits per heavy atom. The number of ketones is 1. The fraction of sp³-hybridized carbons (Fsp3) is 0.269. The fourth-order valence-corrected chi connectivity index (χ4v) is 4.27. The van der Waals surface area contributed by atoms with Crippen LogP contribution in [0, 0.1) is 5.82 Å². The Morgan fingerprint density at radius 1 is 1.17 bits per heavy atom. The third-order valence-corrected chi connectivity index (χ3v) is 6.11. The van der Waals surface area contributed by atoms with E-state index in [1.165, 1.54) is 19.1 Å². The van der Waals surface area contributed by atoms with Gasteiger partial charge < -0.3 is 23.5 Å².